The Morgan fingerprint density at radius 3 is 2.22 bits per heavy atom. The van der Waals surface area contributed by atoms with E-state index in [1.807, 2.05) is 0 Å². The maximum atomic E-state index is 10.9. The largest absolute Gasteiger partial charge is 0.478 e. The van der Waals surface area contributed by atoms with Gasteiger partial charge in [0.25, 0.3) is 0 Å². The topological polar surface area (TPSA) is 89.1 Å². The van der Waals surface area contributed by atoms with Crippen LogP contribution in [0.25, 0.3) is 22.1 Å². The van der Waals surface area contributed by atoms with Crippen LogP contribution < -0.4 is 5.73 Å². The first-order chi connectivity index (χ1) is 8.63. The minimum atomic E-state index is -0.976. The van der Waals surface area contributed by atoms with Gasteiger partial charge in [-0.2, -0.15) is 0 Å². The molecule has 0 spiro atoms. The molecule has 88 valence electrons. The number of carboxylic acids is 1. The van der Waals surface area contributed by atoms with Crippen molar-refractivity contribution in [3.63, 3.8) is 0 Å². The van der Waals surface area contributed by atoms with Crippen molar-refractivity contribution in [2.75, 3.05) is 5.73 Å². The SMILES string of the molecule is Nc1ccc2nc3cc(C(=O)O)ccc3nc2c1. The molecule has 18 heavy (non-hydrogen) atoms. The Bertz CT molecular complexity index is 784. The van der Waals surface area contributed by atoms with E-state index in [1.165, 1.54) is 12.1 Å². The normalized spacial score (nSPS) is 10.9. The fourth-order valence-corrected chi connectivity index (χ4v) is 1.82. The summed E-state index contributed by atoms with van der Waals surface area (Å²) in [4.78, 5) is 19.7. The number of hydrogen-bond acceptors (Lipinski definition) is 4. The van der Waals surface area contributed by atoms with Crippen LogP contribution in [0, 0.1) is 0 Å². The molecule has 0 bridgehead atoms. The number of anilines is 1. The van der Waals surface area contributed by atoms with Gasteiger partial charge in [-0.3, -0.25) is 0 Å². The monoisotopic (exact) mass is 239 g/mol. The molecule has 5 heteroatoms. The molecular formula is C13H9N3O2. The summed E-state index contributed by atoms with van der Waals surface area (Å²) in [7, 11) is 0. The smallest absolute Gasteiger partial charge is 0.335 e. The number of carboxylic acid groups (broad SMARTS) is 1. The highest BCUT2D eigenvalue weighted by atomic mass is 16.4. The maximum absolute atomic E-state index is 10.9. The minimum absolute atomic E-state index is 0.201. The first-order valence-corrected chi connectivity index (χ1v) is 5.34. The first kappa shape index (κ1) is 10.5. The first-order valence-electron chi connectivity index (χ1n) is 5.34. The van der Waals surface area contributed by atoms with Crippen LogP contribution in [0.15, 0.2) is 36.4 Å². The molecule has 0 fully saturated rings. The molecule has 5 nitrogen and oxygen atoms in total. The minimum Gasteiger partial charge on any atom is -0.478 e. The molecule has 0 radical (unpaired) electrons. The molecule has 0 aliphatic carbocycles. The van der Waals surface area contributed by atoms with Crippen LogP contribution in [0.4, 0.5) is 5.69 Å². The van der Waals surface area contributed by atoms with Gasteiger partial charge in [-0.25, -0.2) is 14.8 Å². The van der Waals surface area contributed by atoms with Gasteiger partial charge in [0.15, 0.2) is 0 Å². The van der Waals surface area contributed by atoms with E-state index >= 15 is 0 Å². The second-order valence-corrected chi connectivity index (χ2v) is 3.98. The van der Waals surface area contributed by atoms with Crippen molar-refractivity contribution in [1.82, 2.24) is 9.97 Å². The fraction of sp³-hybridized carbons (Fsp3) is 0. The number of hydrogen-bond donors (Lipinski definition) is 2. The van der Waals surface area contributed by atoms with Crippen LogP contribution in [0.5, 0.6) is 0 Å². The summed E-state index contributed by atoms with van der Waals surface area (Å²) in [5, 5.41) is 8.93. The van der Waals surface area contributed by atoms with E-state index in [1.54, 1.807) is 24.3 Å². The summed E-state index contributed by atoms with van der Waals surface area (Å²) >= 11 is 0. The van der Waals surface area contributed by atoms with Crippen molar-refractivity contribution in [1.29, 1.82) is 0 Å². The van der Waals surface area contributed by atoms with Gasteiger partial charge in [-0.15, -0.1) is 0 Å². The van der Waals surface area contributed by atoms with Crippen LogP contribution in [0.3, 0.4) is 0 Å². The molecule has 3 rings (SSSR count). The standard InChI is InChI=1S/C13H9N3O2/c14-8-2-4-10-12(6-8)16-9-3-1-7(13(17)18)5-11(9)15-10/h1-6H,14H2,(H,17,18). The predicted molar refractivity (Wildman–Crippen MR) is 68.4 cm³/mol. The number of fused-ring (bicyclic) bond motifs is 2. The van der Waals surface area contributed by atoms with Crippen molar-refractivity contribution in [3.05, 3.63) is 42.0 Å². The molecule has 1 aromatic heterocycles. The van der Waals surface area contributed by atoms with Crippen LogP contribution in [0.2, 0.25) is 0 Å². The Kier molecular flexibility index (Phi) is 2.13. The number of nitrogens with two attached hydrogens (primary N) is 1. The van der Waals surface area contributed by atoms with Gasteiger partial charge >= 0.3 is 5.97 Å². The molecule has 0 saturated heterocycles. The Morgan fingerprint density at radius 2 is 1.56 bits per heavy atom. The second-order valence-electron chi connectivity index (χ2n) is 3.98. The van der Waals surface area contributed by atoms with E-state index in [9.17, 15) is 4.79 Å². The summed E-state index contributed by atoms with van der Waals surface area (Å²) in [5.41, 5.74) is 9.12. The van der Waals surface area contributed by atoms with Gasteiger partial charge in [0.2, 0.25) is 0 Å². The third-order valence-electron chi connectivity index (χ3n) is 2.70. The average Bonchev–Trinajstić information content (AvgIpc) is 2.35. The third kappa shape index (κ3) is 1.62. The number of carbonyl (C=O) groups is 1. The van der Waals surface area contributed by atoms with Gasteiger partial charge in [0, 0.05) is 5.69 Å². The van der Waals surface area contributed by atoms with E-state index in [4.69, 9.17) is 10.8 Å². The number of aromatic nitrogens is 2. The van der Waals surface area contributed by atoms with E-state index in [0.29, 0.717) is 27.8 Å². The number of nitrogen functional groups attached to an aromatic ring is 1. The molecular weight excluding hydrogens is 230 g/mol. The Hall–Kier alpha value is -2.69. The third-order valence-corrected chi connectivity index (χ3v) is 2.70. The zero-order valence-electron chi connectivity index (χ0n) is 9.29. The summed E-state index contributed by atoms with van der Waals surface area (Å²) in [6.45, 7) is 0. The molecule has 0 atom stereocenters. The summed E-state index contributed by atoms with van der Waals surface area (Å²) in [5.74, 6) is -0.976. The highest BCUT2D eigenvalue weighted by Crippen LogP contribution is 2.19. The zero-order valence-corrected chi connectivity index (χ0v) is 9.29. The second kappa shape index (κ2) is 3.66. The number of rotatable bonds is 1. The highest BCUT2D eigenvalue weighted by molar-refractivity contribution is 5.94. The summed E-state index contributed by atoms with van der Waals surface area (Å²) < 4.78 is 0. The van der Waals surface area contributed by atoms with E-state index in [2.05, 4.69) is 9.97 Å². The number of benzene rings is 2. The van der Waals surface area contributed by atoms with Crippen LogP contribution in [-0.4, -0.2) is 21.0 Å². The van der Waals surface area contributed by atoms with Crippen LogP contribution in [0.1, 0.15) is 10.4 Å². The predicted octanol–water partition coefficient (Wildman–Crippen LogP) is 2.06. The van der Waals surface area contributed by atoms with E-state index < -0.39 is 5.97 Å². The quantitative estimate of drug-likeness (QED) is 0.501. The van der Waals surface area contributed by atoms with E-state index in [-0.39, 0.29) is 5.56 Å². The lowest BCUT2D eigenvalue weighted by Gasteiger charge is -2.02. The lowest BCUT2D eigenvalue weighted by Crippen LogP contribution is -1.97. The van der Waals surface area contributed by atoms with Crippen molar-refractivity contribution in [3.8, 4) is 0 Å². The Labute approximate surface area is 102 Å². The lowest BCUT2D eigenvalue weighted by atomic mass is 10.2. The number of nitrogens with zero attached hydrogens (tertiary/aromatic N) is 2. The van der Waals surface area contributed by atoms with Gasteiger partial charge in [0.1, 0.15) is 0 Å². The molecule has 2 aromatic carbocycles. The van der Waals surface area contributed by atoms with Crippen molar-refractivity contribution >= 4 is 33.7 Å². The van der Waals surface area contributed by atoms with Gasteiger partial charge in [-0.05, 0) is 36.4 Å². The summed E-state index contributed by atoms with van der Waals surface area (Å²) in [6, 6.07) is 9.92. The number of aromatic carboxylic acids is 1. The summed E-state index contributed by atoms with van der Waals surface area (Å²) in [6.07, 6.45) is 0. The van der Waals surface area contributed by atoms with Crippen molar-refractivity contribution in [2.45, 2.75) is 0 Å². The highest BCUT2D eigenvalue weighted by Gasteiger charge is 2.06. The molecule has 1 heterocycles. The molecule has 0 unspecified atom stereocenters. The molecule has 0 amide bonds. The van der Waals surface area contributed by atoms with Gasteiger partial charge < -0.3 is 10.8 Å². The van der Waals surface area contributed by atoms with E-state index in [0.717, 1.165) is 0 Å². The molecule has 0 aliphatic heterocycles. The molecule has 0 saturated carbocycles. The van der Waals surface area contributed by atoms with Crippen molar-refractivity contribution < 1.29 is 9.90 Å². The Balaban J connectivity index is 2.34. The average molecular weight is 239 g/mol. The molecule has 3 N–H and O–H groups in total. The zero-order chi connectivity index (χ0) is 12.7. The Morgan fingerprint density at radius 1 is 0.944 bits per heavy atom. The fourth-order valence-electron chi connectivity index (χ4n) is 1.82. The van der Waals surface area contributed by atoms with Gasteiger partial charge in [0.05, 0.1) is 27.6 Å². The molecule has 0 aliphatic rings. The van der Waals surface area contributed by atoms with Crippen molar-refractivity contribution in [2.24, 2.45) is 0 Å². The maximum Gasteiger partial charge on any atom is 0.335 e. The van der Waals surface area contributed by atoms with Crippen LogP contribution in [-0.2, 0) is 0 Å². The van der Waals surface area contributed by atoms with Crippen LogP contribution >= 0.6 is 0 Å². The lowest BCUT2D eigenvalue weighted by molar-refractivity contribution is 0.0697. The molecule has 3 aromatic rings. The van der Waals surface area contributed by atoms with Gasteiger partial charge in [-0.1, -0.05) is 0 Å².